The van der Waals surface area contributed by atoms with Gasteiger partial charge in [-0.25, -0.2) is 9.97 Å². The molecule has 36 heavy (non-hydrogen) atoms. The zero-order valence-corrected chi connectivity index (χ0v) is 21.1. The van der Waals surface area contributed by atoms with Crippen LogP contribution in [0.4, 0.5) is 0 Å². The first kappa shape index (κ1) is 23.1. The number of likely N-dealkylation sites (tertiary alicyclic amines) is 2. The van der Waals surface area contributed by atoms with Gasteiger partial charge in [0.15, 0.2) is 0 Å². The van der Waals surface area contributed by atoms with Crippen molar-refractivity contribution in [3.8, 4) is 17.0 Å². The molecule has 2 aliphatic heterocycles. The van der Waals surface area contributed by atoms with Crippen molar-refractivity contribution in [1.82, 2.24) is 24.8 Å². The van der Waals surface area contributed by atoms with E-state index < -0.39 is 0 Å². The fraction of sp³-hybridized carbons (Fsp3) is 0.448. The molecule has 3 aliphatic rings. The van der Waals surface area contributed by atoms with E-state index in [-0.39, 0.29) is 5.91 Å². The number of pyridine rings is 1. The van der Waals surface area contributed by atoms with Gasteiger partial charge >= 0.3 is 0 Å². The van der Waals surface area contributed by atoms with Crippen LogP contribution in [0, 0.1) is 12.3 Å². The van der Waals surface area contributed by atoms with Gasteiger partial charge < -0.3 is 9.64 Å². The average molecular weight is 484 g/mol. The van der Waals surface area contributed by atoms with Crippen molar-refractivity contribution in [3.05, 3.63) is 71.4 Å². The van der Waals surface area contributed by atoms with Gasteiger partial charge in [0.05, 0.1) is 25.4 Å². The van der Waals surface area contributed by atoms with Crippen LogP contribution in [-0.4, -0.2) is 63.9 Å². The third-order valence-electron chi connectivity index (χ3n) is 8.35. The summed E-state index contributed by atoms with van der Waals surface area (Å²) in [7, 11) is 1.62. The summed E-state index contributed by atoms with van der Waals surface area (Å²) in [6, 6.07) is 13.2. The van der Waals surface area contributed by atoms with Crippen LogP contribution < -0.4 is 4.74 Å². The van der Waals surface area contributed by atoms with E-state index in [2.05, 4.69) is 44.1 Å². The number of piperidine rings is 1. The molecule has 2 saturated heterocycles. The zero-order chi connectivity index (χ0) is 24.7. The first-order valence-electron chi connectivity index (χ1n) is 12.9. The van der Waals surface area contributed by atoms with Crippen LogP contribution >= 0.6 is 0 Å². The molecule has 0 radical (unpaired) electrons. The highest BCUT2D eigenvalue weighted by molar-refractivity contribution is 5.78. The molecular weight excluding hydrogens is 450 g/mol. The molecule has 1 spiro atoms. The second-order valence-electron chi connectivity index (χ2n) is 10.7. The van der Waals surface area contributed by atoms with E-state index in [4.69, 9.17) is 4.74 Å². The molecule has 6 rings (SSSR count). The highest BCUT2D eigenvalue weighted by Crippen LogP contribution is 2.48. The van der Waals surface area contributed by atoms with Gasteiger partial charge in [-0.3, -0.25) is 14.7 Å². The number of nitrogens with zero attached hydrogens (tertiary/aromatic N) is 5. The summed E-state index contributed by atoms with van der Waals surface area (Å²) < 4.78 is 5.16. The van der Waals surface area contributed by atoms with E-state index in [1.165, 1.54) is 23.1 Å². The molecule has 1 atom stereocenters. The summed E-state index contributed by atoms with van der Waals surface area (Å²) in [4.78, 5) is 30.6. The zero-order valence-electron chi connectivity index (χ0n) is 21.1. The number of carbonyl (C=O) groups excluding carboxylic acids is 1. The van der Waals surface area contributed by atoms with E-state index in [1.54, 1.807) is 19.6 Å². The number of aryl methyl sites for hydroxylation is 2. The van der Waals surface area contributed by atoms with Crippen molar-refractivity contribution in [2.75, 3.05) is 33.3 Å². The Labute approximate surface area is 212 Å². The summed E-state index contributed by atoms with van der Waals surface area (Å²) in [5.41, 5.74) is 7.29. The molecule has 4 heterocycles. The number of fused-ring (bicyclic) bond motifs is 1. The van der Waals surface area contributed by atoms with Crippen molar-refractivity contribution >= 4 is 5.91 Å². The minimum Gasteiger partial charge on any atom is -0.495 e. The Bertz CT molecular complexity index is 1260. The van der Waals surface area contributed by atoms with Gasteiger partial charge in [-0.2, -0.15) is 0 Å². The molecule has 2 fully saturated rings. The minimum absolute atomic E-state index is 0.179. The molecule has 1 unspecified atom stereocenters. The Hall–Kier alpha value is -3.32. The number of hydrogen-bond donors (Lipinski definition) is 0. The van der Waals surface area contributed by atoms with Crippen molar-refractivity contribution < 1.29 is 9.53 Å². The summed E-state index contributed by atoms with van der Waals surface area (Å²) in [6.07, 6.45) is 8.19. The Morgan fingerprint density at radius 3 is 2.64 bits per heavy atom. The van der Waals surface area contributed by atoms with Crippen molar-refractivity contribution in [3.63, 3.8) is 0 Å². The fourth-order valence-corrected chi connectivity index (χ4v) is 6.23. The lowest BCUT2D eigenvalue weighted by Gasteiger charge is -2.56. The van der Waals surface area contributed by atoms with E-state index in [0.29, 0.717) is 23.6 Å². The maximum Gasteiger partial charge on any atom is 0.228 e. The number of carbonyl (C=O) groups is 1. The standard InChI is InChI=1S/C29H33N5O2/c1-20-13-26(32-19-31-20)22-3-7-25-21(14-22)4-8-27(25)34-17-29(18-34)9-11-33(12-10-29)28(35)15-23-5-6-24(36-2)16-30-23/h3,5-7,13-14,16,19,27H,4,8-12,15,17-18H2,1-2H3. The highest BCUT2D eigenvalue weighted by atomic mass is 16.5. The molecule has 7 heteroatoms. The monoisotopic (exact) mass is 483 g/mol. The smallest absolute Gasteiger partial charge is 0.228 e. The maximum atomic E-state index is 12.8. The number of aromatic nitrogens is 3. The first-order chi connectivity index (χ1) is 17.5. The molecule has 3 aromatic rings. The van der Waals surface area contributed by atoms with Gasteiger partial charge in [-0.1, -0.05) is 12.1 Å². The van der Waals surface area contributed by atoms with Crippen LogP contribution in [0.1, 0.15) is 47.8 Å². The molecule has 7 nitrogen and oxygen atoms in total. The Kier molecular flexibility index (Phi) is 5.96. The van der Waals surface area contributed by atoms with Gasteiger partial charge in [-0.05, 0) is 73.4 Å². The third-order valence-corrected chi connectivity index (χ3v) is 8.35. The third kappa shape index (κ3) is 4.37. The van der Waals surface area contributed by atoms with Crippen LogP contribution in [0.5, 0.6) is 5.75 Å². The van der Waals surface area contributed by atoms with Crippen molar-refractivity contribution in [2.45, 2.75) is 45.1 Å². The molecular formula is C29H33N5O2. The number of benzene rings is 1. The van der Waals surface area contributed by atoms with E-state index in [9.17, 15) is 4.79 Å². The topological polar surface area (TPSA) is 71.5 Å². The van der Waals surface area contributed by atoms with Crippen LogP contribution in [0.2, 0.25) is 0 Å². The van der Waals surface area contributed by atoms with Crippen LogP contribution in [0.3, 0.4) is 0 Å². The average Bonchev–Trinajstić information content (AvgIpc) is 3.31. The largest absolute Gasteiger partial charge is 0.495 e. The van der Waals surface area contributed by atoms with Gasteiger partial charge in [-0.15, -0.1) is 0 Å². The van der Waals surface area contributed by atoms with E-state index in [0.717, 1.165) is 62.5 Å². The quantitative estimate of drug-likeness (QED) is 0.546. The van der Waals surface area contributed by atoms with Gasteiger partial charge in [0.25, 0.3) is 0 Å². The molecule has 1 aromatic carbocycles. The lowest BCUT2D eigenvalue weighted by atomic mass is 9.71. The molecule has 2 aromatic heterocycles. The Balaban J connectivity index is 1.04. The van der Waals surface area contributed by atoms with Gasteiger partial charge in [0.1, 0.15) is 12.1 Å². The maximum absolute atomic E-state index is 12.8. The van der Waals surface area contributed by atoms with E-state index in [1.807, 2.05) is 24.0 Å². The van der Waals surface area contributed by atoms with Crippen molar-refractivity contribution in [1.29, 1.82) is 0 Å². The normalized spacial score (nSPS) is 20.7. The lowest BCUT2D eigenvalue weighted by Crippen LogP contribution is -2.61. The molecule has 0 N–H and O–H groups in total. The summed E-state index contributed by atoms with van der Waals surface area (Å²) >= 11 is 0. The van der Waals surface area contributed by atoms with E-state index >= 15 is 0 Å². The Morgan fingerprint density at radius 2 is 1.92 bits per heavy atom. The Morgan fingerprint density at radius 1 is 1.08 bits per heavy atom. The van der Waals surface area contributed by atoms with Crippen LogP contribution in [0.15, 0.2) is 48.9 Å². The number of ether oxygens (including phenoxy) is 1. The van der Waals surface area contributed by atoms with Gasteiger partial charge in [0.2, 0.25) is 5.91 Å². The predicted molar refractivity (Wildman–Crippen MR) is 138 cm³/mol. The summed E-state index contributed by atoms with van der Waals surface area (Å²) in [5.74, 6) is 0.893. The SMILES string of the molecule is COc1ccc(CC(=O)N2CCC3(CC2)CN(C2CCc4cc(-c5cc(C)ncn5)ccc42)C3)nc1. The number of rotatable bonds is 5. The minimum atomic E-state index is 0.179. The predicted octanol–water partition coefficient (Wildman–Crippen LogP) is 4.01. The molecule has 0 saturated carbocycles. The number of amides is 1. The lowest BCUT2D eigenvalue weighted by molar-refractivity contribution is -0.136. The first-order valence-corrected chi connectivity index (χ1v) is 12.9. The fourth-order valence-electron chi connectivity index (χ4n) is 6.23. The second kappa shape index (κ2) is 9.28. The number of hydrogen-bond acceptors (Lipinski definition) is 6. The molecule has 0 bridgehead atoms. The highest BCUT2D eigenvalue weighted by Gasteiger charge is 2.48. The molecule has 1 amide bonds. The second-order valence-corrected chi connectivity index (χ2v) is 10.7. The van der Waals surface area contributed by atoms with Crippen molar-refractivity contribution in [2.24, 2.45) is 5.41 Å². The molecule has 1 aliphatic carbocycles. The molecule has 186 valence electrons. The van der Waals surface area contributed by atoms with Crippen LogP contribution in [0.25, 0.3) is 11.3 Å². The summed E-state index contributed by atoms with van der Waals surface area (Å²) in [5, 5.41) is 0. The van der Waals surface area contributed by atoms with Crippen LogP contribution in [-0.2, 0) is 17.6 Å². The summed E-state index contributed by atoms with van der Waals surface area (Å²) in [6.45, 7) is 6.00. The number of methoxy groups -OCH3 is 1. The van der Waals surface area contributed by atoms with Gasteiger partial charge in [0, 0.05) is 49.2 Å².